The van der Waals surface area contributed by atoms with Crippen molar-refractivity contribution in [1.82, 2.24) is 5.32 Å². The van der Waals surface area contributed by atoms with Crippen LogP contribution in [0.15, 0.2) is 0 Å². The third-order valence-electron chi connectivity index (χ3n) is 3.72. The number of rotatable bonds is 3. The van der Waals surface area contributed by atoms with E-state index in [1.807, 2.05) is 0 Å². The summed E-state index contributed by atoms with van der Waals surface area (Å²) in [4.78, 5) is 0. The Morgan fingerprint density at radius 2 is 2.00 bits per heavy atom. The Bertz CT molecular complexity index is 204. The van der Waals surface area contributed by atoms with Gasteiger partial charge in [-0.25, -0.2) is 0 Å². The highest BCUT2D eigenvalue weighted by Gasteiger charge is 2.37. The van der Waals surface area contributed by atoms with Gasteiger partial charge in [-0.15, -0.1) is 0 Å². The summed E-state index contributed by atoms with van der Waals surface area (Å²) in [5.74, 6) is 0. The molecule has 88 valence electrons. The second kappa shape index (κ2) is 4.78. The SMILES string of the molecule is OCC1(NC2CCCC2O)CCOCC1. The minimum Gasteiger partial charge on any atom is -0.394 e. The van der Waals surface area contributed by atoms with Crippen LogP contribution in [0.1, 0.15) is 32.1 Å². The summed E-state index contributed by atoms with van der Waals surface area (Å²) in [6.07, 6.45) is 4.42. The molecule has 0 spiro atoms. The highest BCUT2D eigenvalue weighted by molar-refractivity contribution is 4.95. The van der Waals surface area contributed by atoms with Crippen LogP contribution in [0, 0.1) is 0 Å². The van der Waals surface area contributed by atoms with Crippen molar-refractivity contribution < 1.29 is 14.9 Å². The normalized spacial score (nSPS) is 35.6. The highest BCUT2D eigenvalue weighted by Crippen LogP contribution is 2.26. The van der Waals surface area contributed by atoms with Crippen molar-refractivity contribution in [2.45, 2.75) is 49.8 Å². The van der Waals surface area contributed by atoms with Gasteiger partial charge in [-0.3, -0.25) is 0 Å². The molecule has 2 aliphatic rings. The summed E-state index contributed by atoms with van der Waals surface area (Å²) in [6, 6.07) is 0.162. The van der Waals surface area contributed by atoms with Gasteiger partial charge in [0.1, 0.15) is 0 Å². The van der Waals surface area contributed by atoms with E-state index in [1.165, 1.54) is 0 Å². The second-order valence-electron chi connectivity index (χ2n) is 4.80. The number of hydrogen-bond acceptors (Lipinski definition) is 4. The zero-order chi connectivity index (χ0) is 10.7. The predicted molar refractivity (Wildman–Crippen MR) is 56.7 cm³/mol. The molecule has 2 atom stereocenters. The van der Waals surface area contributed by atoms with Gasteiger partial charge in [-0.2, -0.15) is 0 Å². The molecule has 1 aliphatic heterocycles. The van der Waals surface area contributed by atoms with Gasteiger partial charge in [0.2, 0.25) is 0 Å². The van der Waals surface area contributed by atoms with E-state index in [1.54, 1.807) is 0 Å². The van der Waals surface area contributed by atoms with E-state index in [2.05, 4.69) is 5.32 Å². The van der Waals surface area contributed by atoms with Gasteiger partial charge in [0.25, 0.3) is 0 Å². The highest BCUT2D eigenvalue weighted by atomic mass is 16.5. The van der Waals surface area contributed by atoms with Gasteiger partial charge in [0.05, 0.1) is 12.7 Å². The van der Waals surface area contributed by atoms with E-state index >= 15 is 0 Å². The van der Waals surface area contributed by atoms with Crippen LogP contribution in [-0.4, -0.2) is 47.7 Å². The van der Waals surface area contributed by atoms with E-state index < -0.39 is 0 Å². The minimum atomic E-state index is -0.240. The van der Waals surface area contributed by atoms with E-state index in [0.717, 1.165) is 32.1 Å². The Labute approximate surface area is 90.6 Å². The molecule has 1 aliphatic carbocycles. The molecule has 0 radical (unpaired) electrons. The molecule has 2 unspecified atom stereocenters. The molecule has 0 aromatic rings. The maximum absolute atomic E-state index is 9.75. The van der Waals surface area contributed by atoms with Crippen molar-refractivity contribution in [3.8, 4) is 0 Å². The molecule has 4 heteroatoms. The van der Waals surface area contributed by atoms with E-state index in [-0.39, 0.29) is 24.3 Å². The van der Waals surface area contributed by atoms with Crippen molar-refractivity contribution in [3.05, 3.63) is 0 Å². The Morgan fingerprint density at radius 1 is 1.27 bits per heavy atom. The molecule has 0 aromatic carbocycles. The Kier molecular flexibility index (Phi) is 3.61. The van der Waals surface area contributed by atoms with Gasteiger partial charge < -0.3 is 20.3 Å². The molecule has 15 heavy (non-hydrogen) atoms. The smallest absolute Gasteiger partial charge is 0.0693 e. The summed E-state index contributed by atoms with van der Waals surface area (Å²) >= 11 is 0. The van der Waals surface area contributed by atoms with Crippen LogP contribution in [0.5, 0.6) is 0 Å². The van der Waals surface area contributed by atoms with Crippen LogP contribution in [-0.2, 0) is 4.74 Å². The minimum absolute atomic E-state index is 0.138. The molecule has 2 rings (SSSR count). The monoisotopic (exact) mass is 215 g/mol. The van der Waals surface area contributed by atoms with Gasteiger partial charge in [0.15, 0.2) is 0 Å². The summed E-state index contributed by atoms with van der Waals surface area (Å²) < 4.78 is 5.30. The lowest BCUT2D eigenvalue weighted by Crippen LogP contribution is -2.57. The number of aliphatic hydroxyl groups excluding tert-OH is 2. The van der Waals surface area contributed by atoms with Crippen molar-refractivity contribution in [3.63, 3.8) is 0 Å². The maximum atomic E-state index is 9.75. The van der Waals surface area contributed by atoms with E-state index in [4.69, 9.17) is 4.74 Å². The molecular weight excluding hydrogens is 194 g/mol. The average molecular weight is 215 g/mol. The third-order valence-corrected chi connectivity index (χ3v) is 3.72. The molecule has 0 bridgehead atoms. The zero-order valence-electron chi connectivity index (χ0n) is 9.11. The molecule has 3 N–H and O–H groups in total. The zero-order valence-corrected chi connectivity index (χ0v) is 9.11. The number of aliphatic hydroxyl groups is 2. The van der Waals surface area contributed by atoms with Crippen LogP contribution in [0.25, 0.3) is 0 Å². The van der Waals surface area contributed by atoms with E-state index in [9.17, 15) is 10.2 Å². The van der Waals surface area contributed by atoms with Crippen LogP contribution < -0.4 is 5.32 Å². The summed E-state index contributed by atoms with van der Waals surface area (Å²) in [5.41, 5.74) is -0.214. The fraction of sp³-hybridized carbons (Fsp3) is 1.00. The van der Waals surface area contributed by atoms with Crippen molar-refractivity contribution >= 4 is 0 Å². The second-order valence-corrected chi connectivity index (χ2v) is 4.80. The van der Waals surface area contributed by atoms with Gasteiger partial charge in [-0.05, 0) is 32.1 Å². The quantitative estimate of drug-likeness (QED) is 0.621. The summed E-state index contributed by atoms with van der Waals surface area (Å²) in [7, 11) is 0. The first kappa shape index (κ1) is 11.3. The van der Waals surface area contributed by atoms with Gasteiger partial charge >= 0.3 is 0 Å². The standard InChI is InChI=1S/C11H21NO3/c13-8-11(4-6-15-7-5-11)12-9-2-1-3-10(9)14/h9-10,12-14H,1-8H2. The summed E-state index contributed by atoms with van der Waals surface area (Å²) in [5, 5.41) is 22.7. The first-order valence-corrected chi connectivity index (χ1v) is 5.90. The first-order valence-electron chi connectivity index (χ1n) is 5.90. The van der Waals surface area contributed by atoms with Crippen LogP contribution in [0.2, 0.25) is 0 Å². The number of nitrogens with one attached hydrogen (secondary N) is 1. The first-order chi connectivity index (χ1) is 7.26. The maximum Gasteiger partial charge on any atom is 0.0693 e. The molecule has 4 nitrogen and oxygen atoms in total. The van der Waals surface area contributed by atoms with Crippen LogP contribution in [0.4, 0.5) is 0 Å². The molecule has 1 saturated heterocycles. The Morgan fingerprint density at radius 3 is 2.53 bits per heavy atom. The topological polar surface area (TPSA) is 61.7 Å². The van der Waals surface area contributed by atoms with Crippen LogP contribution in [0.3, 0.4) is 0 Å². The van der Waals surface area contributed by atoms with E-state index in [0.29, 0.717) is 13.2 Å². The van der Waals surface area contributed by atoms with Crippen molar-refractivity contribution in [2.24, 2.45) is 0 Å². The lowest BCUT2D eigenvalue weighted by atomic mass is 9.89. The Balaban J connectivity index is 1.94. The van der Waals surface area contributed by atoms with Crippen LogP contribution >= 0.6 is 0 Å². The average Bonchev–Trinajstić information content (AvgIpc) is 2.66. The largest absolute Gasteiger partial charge is 0.394 e. The molecule has 0 aromatic heterocycles. The summed E-state index contributed by atoms with van der Waals surface area (Å²) in [6.45, 7) is 1.55. The molecule has 1 saturated carbocycles. The van der Waals surface area contributed by atoms with Gasteiger partial charge in [0, 0.05) is 24.8 Å². The molecule has 0 amide bonds. The van der Waals surface area contributed by atoms with Crippen molar-refractivity contribution in [1.29, 1.82) is 0 Å². The third kappa shape index (κ3) is 2.50. The van der Waals surface area contributed by atoms with Gasteiger partial charge in [-0.1, -0.05) is 0 Å². The van der Waals surface area contributed by atoms with Crippen molar-refractivity contribution in [2.75, 3.05) is 19.8 Å². The lowest BCUT2D eigenvalue weighted by Gasteiger charge is -2.39. The lowest BCUT2D eigenvalue weighted by molar-refractivity contribution is -0.00178. The fourth-order valence-electron chi connectivity index (χ4n) is 2.61. The number of hydrogen-bond donors (Lipinski definition) is 3. The fourth-order valence-corrected chi connectivity index (χ4v) is 2.61. The predicted octanol–water partition coefficient (Wildman–Crippen LogP) is 0.0309. The molecular formula is C11H21NO3. The Hall–Kier alpha value is -0.160. The molecule has 2 fully saturated rings. The molecule has 1 heterocycles. The number of ether oxygens (including phenoxy) is 1.